The molecule has 4 rings (SSSR count). The third-order valence-electron chi connectivity index (χ3n) is 5.94. The number of nitrogens with zero attached hydrogens (tertiary/aromatic N) is 2. The van der Waals surface area contributed by atoms with Crippen LogP contribution in [0.25, 0.3) is 0 Å². The molecule has 1 aromatic rings. The second kappa shape index (κ2) is 8.63. The lowest BCUT2D eigenvalue weighted by atomic mass is 10.1. The number of carbonyl (C=O) groups is 1. The number of likely N-dealkylation sites (tertiary alicyclic amines) is 1. The van der Waals surface area contributed by atoms with Crippen LogP contribution in [0.15, 0.2) is 12.1 Å². The first kappa shape index (κ1) is 21.2. The Balaban J connectivity index is 1.53. The van der Waals surface area contributed by atoms with Crippen LogP contribution in [0, 0.1) is 0 Å². The molecular formula is C23H35N3O4. The van der Waals surface area contributed by atoms with Gasteiger partial charge in [0, 0.05) is 43.6 Å². The minimum Gasteiger partial charge on any atom is -0.490 e. The van der Waals surface area contributed by atoms with Gasteiger partial charge in [0.2, 0.25) is 0 Å². The number of rotatable bonds is 4. The standard InChI is InChI=1S/C23H35N3O4/c1-23(2,3)30-22(27)26-13-16-11-19(29-18-5-8-25(4)9-6-18)12-21(20(16)14-26)24-17-7-10-28-15-17/h11-12,17-18,24H,5-10,13-15H2,1-4H3/t17-/m1/s1. The second-order valence-corrected chi connectivity index (χ2v) is 9.77. The van der Waals surface area contributed by atoms with Crippen molar-refractivity contribution in [3.05, 3.63) is 23.3 Å². The Hall–Kier alpha value is -1.99. The summed E-state index contributed by atoms with van der Waals surface area (Å²) < 4.78 is 17.5. The smallest absolute Gasteiger partial charge is 0.410 e. The van der Waals surface area contributed by atoms with Gasteiger partial charge in [0.15, 0.2) is 0 Å². The maximum Gasteiger partial charge on any atom is 0.410 e. The van der Waals surface area contributed by atoms with Crippen molar-refractivity contribution in [1.82, 2.24) is 9.80 Å². The quantitative estimate of drug-likeness (QED) is 0.808. The lowest BCUT2D eigenvalue weighted by Crippen LogP contribution is -2.35. The van der Waals surface area contributed by atoms with Crippen molar-refractivity contribution in [3.8, 4) is 5.75 Å². The predicted octanol–water partition coefficient (Wildman–Crippen LogP) is 3.61. The van der Waals surface area contributed by atoms with E-state index in [1.807, 2.05) is 20.8 Å². The maximum absolute atomic E-state index is 12.6. The molecule has 166 valence electrons. The average molecular weight is 418 g/mol. The predicted molar refractivity (Wildman–Crippen MR) is 116 cm³/mol. The molecule has 1 amide bonds. The summed E-state index contributed by atoms with van der Waals surface area (Å²) in [5.74, 6) is 0.885. The highest BCUT2D eigenvalue weighted by atomic mass is 16.6. The van der Waals surface area contributed by atoms with Crippen molar-refractivity contribution in [2.24, 2.45) is 0 Å². The zero-order valence-corrected chi connectivity index (χ0v) is 18.7. The molecule has 7 heteroatoms. The van der Waals surface area contributed by atoms with E-state index in [0.29, 0.717) is 25.7 Å². The van der Waals surface area contributed by atoms with E-state index in [1.54, 1.807) is 4.90 Å². The second-order valence-electron chi connectivity index (χ2n) is 9.77. The molecule has 0 aliphatic carbocycles. The van der Waals surface area contributed by atoms with Crippen LogP contribution < -0.4 is 10.1 Å². The van der Waals surface area contributed by atoms with Gasteiger partial charge in [0.05, 0.1) is 19.2 Å². The Bertz CT molecular complexity index is 762. The van der Waals surface area contributed by atoms with Crippen molar-refractivity contribution in [2.75, 3.05) is 38.7 Å². The number of ether oxygens (including phenoxy) is 3. The van der Waals surface area contributed by atoms with E-state index >= 15 is 0 Å². The zero-order chi connectivity index (χ0) is 21.3. The number of hydrogen-bond donors (Lipinski definition) is 1. The highest BCUT2D eigenvalue weighted by molar-refractivity contribution is 5.71. The fourth-order valence-corrected chi connectivity index (χ4v) is 4.30. The van der Waals surface area contributed by atoms with Crippen LogP contribution in [-0.4, -0.2) is 67.0 Å². The fourth-order valence-electron chi connectivity index (χ4n) is 4.30. The van der Waals surface area contributed by atoms with Gasteiger partial charge in [0.1, 0.15) is 17.5 Å². The minimum atomic E-state index is -0.503. The van der Waals surface area contributed by atoms with Crippen LogP contribution in [0.4, 0.5) is 10.5 Å². The molecule has 1 atom stereocenters. The van der Waals surface area contributed by atoms with Gasteiger partial charge in [-0.1, -0.05) is 0 Å². The minimum absolute atomic E-state index is 0.241. The summed E-state index contributed by atoms with van der Waals surface area (Å²) in [7, 11) is 2.16. The first-order valence-electron chi connectivity index (χ1n) is 11.1. The van der Waals surface area contributed by atoms with Crippen molar-refractivity contribution in [2.45, 2.75) is 70.9 Å². The van der Waals surface area contributed by atoms with Gasteiger partial charge in [-0.2, -0.15) is 0 Å². The molecule has 3 aliphatic rings. The molecule has 0 radical (unpaired) electrons. The average Bonchev–Trinajstić information content (AvgIpc) is 3.32. The number of amides is 1. The van der Waals surface area contributed by atoms with E-state index < -0.39 is 5.60 Å². The number of fused-ring (bicyclic) bond motifs is 1. The van der Waals surface area contributed by atoms with Gasteiger partial charge in [-0.3, -0.25) is 4.90 Å². The summed E-state index contributed by atoms with van der Waals surface area (Å²) in [5.41, 5.74) is 2.84. The van der Waals surface area contributed by atoms with Crippen LogP contribution in [-0.2, 0) is 22.6 Å². The van der Waals surface area contributed by atoms with Crippen LogP contribution in [0.1, 0.15) is 51.2 Å². The molecule has 1 N–H and O–H groups in total. The monoisotopic (exact) mass is 417 g/mol. The van der Waals surface area contributed by atoms with E-state index in [0.717, 1.165) is 61.5 Å². The van der Waals surface area contributed by atoms with Crippen LogP contribution >= 0.6 is 0 Å². The summed E-state index contributed by atoms with van der Waals surface area (Å²) in [5, 5.41) is 3.64. The third kappa shape index (κ3) is 5.19. The van der Waals surface area contributed by atoms with Gasteiger partial charge in [-0.05, 0) is 58.7 Å². The van der Waals surface area contributed by atoms with Crippen molar-refractivity contribution < 1.29 is 19.0 Å². The normalized spacial score (nSPS) is 22.8. The Kier molecular flexibility index (Phi) is 6.11. The molecule has 0 spiro atoms. The lowest BCUT2D eigenvalue weighted by Gasteiger charge is -2.29. The number of carbonyl (C=O) groups excluding carboxylic acids is 1. The topological polar surface area (TPSA) is 63.3 Å². The van der Waals surface area contributed by atoms with Crippen LogP contribution in [0.3, 0.4) is 0 Å². The highest BCUT2D eigenvalue weighted by Gasteiger charge is 2.31. The van der Waals surface area contributed by atoms with Crippen LogP contribution in [0.2, 0.25) is 0 Å². The fraction of sp³-hybridized carbons (Fsp3) is 0.696. The number of nitrogens with one attached hydrogen (secondary N) is 1. The molecule has 0 bridgehead atoms. The van der Waals surface area contributed by atoms with E-state index in [9.17, 15) is 4.79 Å². The Labute approximate surface area is 179 Å². The van der Waals surface area contributed by atoms with Gasteiger partial charge < -0.3 is 24.4 Å². The summed E-state index contributed by atoms with van der Waals surface area (Å²) in [6.45, 7) is 10.4. The number of piperidine rings is 1. The van der Waals surface area contributed by atoms with E-state index in [1.165, 1.54) is 0 Å². The molecular weight excluding hydrogens is 382 g/mol. The Morgan fingerprint density at radius 3 is 2.60 bits per heavy atom. The molecule has 1 aromatic carbocycles. The third-order valence-corrected chi connectivity index (χ3v) is 5.94. The highest BCUT2D eigenvalue weighted by Crippen LogP contribution is 2.36. The van der Waals surface area contributed by atoms with Gasteiger partial charge >= 0.3 is 6.09 Å². The van der Waals surface area contributed by atoms with Gasteiger partial charge in [-0.15, -0.1) is 0 Å². The van der Waals surface area contributed by atoms with Crippen molar-refractivity contribution in [3.63, 3.8) is 0 Å². The first-order chi connectivity index (χ1) is 14.3. The SMILES string of the molecule is CN1CCC(Oc2cc3c(c(N[C@@H]4CCOC4)c2)CN(C(=O)OC(C)(C)C)C3)CC1. The Morgan fingerprint density at radius 1 is 1.17 bits per heavy atom. The lowest BCUT2D eigenvalue weighted by molar-refractivity contribution is 0.0242. The summed E-state index contributed by atoms with van der Waals surface area (Å²) in [4.78, 5) is 16.8. The molecule has 3 aliphatic heterocycles. The number of hydrogen-bond acceptors (Lipinski definition) is 6. The molecule has 3 heterocycles. The largest absolute Gasteiger partial charge is 0.490 e. The van der Waals surface area contributed by atoms with Gasteiger partial charge in [-0.25, -0.2) is 4.79 Å². The first-order valence-corrected chi connectivity index (χ1v) is 11.1. The molecule has 0 unspecified atom stereocenters. The van der Waals surface area contributed by atoms with Crippen molar-refractivity contribution >= 4 is 11.8 Å². The molecule has 30 heavy (non-hydrogen) atoms. The molecule has 2 fully saturated rings. The molecule has 2 saturated heterocycles. The van der Waals surface area contributed by atoms with E-state index in [2.05, 4.69) is 29.4 Å². The Morgan fingerprint density at radius 2 is 1.93 bits per heavy atom. The summed E-state index contributed by atoms with van der Waals surface area (Å²) in [6.07, 6.45) is 3.04. The molecule has 0 saturated carbocycles. The maximum atomic E-state index is 12.6. The van der Waals surface area contributed by atoms with Gasteiger partial charge in [0.25, 0.3) is 0 Å². The summed E-state index contributed by atoms with van der Waals surface area (Å²) in [6, 6.07) is 4.51. The van der Waals surface area contributed by atoms with Crippen molar-refractivity contribution in [1.29, 1.82) is 0 Å². The number of benzene rings is 1. The molecule has 0 aromatic heterocycles. The number of anilines is 1. The summed E-state index contributed by atoms with van der Waals surface area (Å²) >= 11 is 0. The van der Waals surface area contributed by atoms with E-state index in [-0.39, 0.29) is 12.2 Å². The van der Waals surface area contributed by atoms with E-state index in [4.69, 9.17) is 14.2 Å². The van der Waals surface area contributed by atoms with Crippen LogP contribution in [0.5, 0.6) is 5.75 Å². The zero-order valence-electron chi connectivity index (χ0n) is 18.7. The molecule has 7 nitrogen and oxygen atoms in total.